The van der Waals surface area contributed by atoms with Gasteiger partial charge >= 0.3 is 0 Å². The molecule has 9 heteroatoms. The zero-order chi connectivity index (χ0) is 44.8. The molecular weight excluding hydrogens is 785 g/mol. The van der Waals surface area contributed by atoms with Crippen LogP contribution in [0.1, 0.15) is 198 Å². The van der Waals surface area contributed by atoms with E-state index in [4.69, 9.17) is 19.9 Å². The summed E-state index contributed by atoms with van der Waals surface area (Å²) in [6.07, 6.45) is 35.1. The molecule has 0 saturated heterocycles. The zero-order valence-electron chi connectivity index (χ0n) is 40.0. The van der Waals surface area contributed by atoms with Gasteiger partial charge in [-0.05, 0) is 68.0 Å². The Morgan fingerprint density at radius 1 is 0.667 bits per heavy atom. The summed E-state index contributed by atoms with van der Waals surface area (Å²) in [5, 5.41) is 7.10. The highest BCUT2D eigenvalue weighted by Crippen LogP contribution is 2.25. The van der Waals surface area contributed by atoms with E-state index in [1.807, 2.05) is 54.7 Å². The van der Waals surface area contributed by atoms with E-state index in [0.29, 0.717) is 45.9 Å². The maximum Gasteiger partial charge on any atom is 0.242 e. The minimum absolute atomic E-state index is 0.139. The molecule has 2 aromatic carbocycles. The molecule has 5 N–H and O–H groups in total. The number of amides is 2. The van der Waals surface area contributed by atoms with Gasteiger partial charge < -0.3 is 35.6 Å². The highest BCUT2D eigenvalue weighted by Gasteiger charge is 2.23. The third-order valence-electron chi connectivity index (χ3n) is 12.2. The maximum atomic E-state index is 13.7. The van der Waals surface area contributed by atoms with Crippen LogP contribution in [0.3, 0.4) is 0 Å². The second kappa shape index (κ2) is 36.9. The van der Waals surface area contributed by atoms with Crippen molar-refractivity contribution in [3.63, 3.8) is 0 Å². The van der Waals surface area contributed by atoms with Crippen molar-refractivity contribution in [2.75, 3.05) is 32.9 Å². The molecule has 356 valence electrons. The highest BCUT2D eigenvalue weighted by atomic mass is 16.5. The number of ether oxygens (including phenoxy) is 3. The zero-order valence-corrected chi connectivity index (χ0v) is 40.0. The number of nitrogens with two attached hydrogens (primary N) is 1. The number of hydrogen-bond donors (Lipinski definition) is 4. The van der Waals surface area contributed by atoms with E-state index in [-0.39, 0.29) is 24.3 Å². The SMILES string of the molecule is CCCCCCCCCCCCCCOCC(CNC(=O)[C@H](CCCCN)NC(=O)Cc1c[nH]c2ccc(OCc3ccccc3)cc12)OCCCCCCCCCCCCCC. The number of rotatable bonds is 42. The van der Waals surface area contributed by atoms with Crippen LogP contribution < -0.4 is 21.1 Å². The predicted octanol–water partition coefficient (Wildman–Crippen LogP) is 12.8. The number of aromatic amines is 1. The van der Waals surface area contributed by atoms with Gasteiger partial charge in [0.15, 0.2) is 0 Å². The van der Waals surface area contributed by atoms with Crippen molar-refractivity contribution in [3.05, 3.63) is 65.9 Å². The first-order valence-electron chi connectivity index (χ1n) is 25.8. The van der Waals surface area contributed by atoms with Crippen molar-refractivity contribution in [2.45, 2.75) is 212 Å². The van der Waals surface area contributed by atoms with Crippen molar-refractivity contribution in [3.8, 4) is 5.75 Å². The normalized spacial score (nSPS) is 12.4. The number of nitrogens with one attached hydrogen (secondary N) is 3. The quantitative estimate of drug-likeness (QED) is 0.0420. The largest absolute Gasteiger partial charge is 0.489 e. The Hall–Kier alpha value is -3.40. The fourth-order valence-corrected chi connectivity index (χ4v) is 8.27. The van der Waals surface area contributed by atoms with Gasteiger partial charge in [-0.15, -0.1) is 0 Å². The number of carbonyl (C=O) groups excluding carboxylic acids is 2. The fourth-order valence-electron chi connectivity index (χ4n) is 8.27. The van der Waals surface area contributed by atoms with E-state index < -0.39 is 6.04 Å². The van der Waals surface area contributed by atoms with E-state index in [1.165, 1.54) is 135 Å². The van der Waals surface area contributed by atoms with Gasteiger partial charge in [-0.1, -0.05) is 185 Å². The Bertz CT molecular complexity index is 1550. The monoisotopic (exact) mass is 875 g/mol. The molecule has 9 nitrogen and oxygen atoms in total. The number of aromatic nitrogens is 1. The van der Waals surface area contributed by atoms with Crippen molar-refractivity contribution < 1.29 is 23.8 Å². The Labute approximate surface area is 383 Å². The Kier molecular flexibility index (Phi) is 31.6. The standard InChI is InChI=1S/C54H90N4O5/c1-3-5-7-9-11-13-15-17-19-21-23-30-38-61-45-49(62-39-31-24-22-20-18-16-14-12-10-8-6-4-2)43-57-54(60)52(34-28-29-37-55)58-53(59)40-47-42-56-51-36-35-48(41-50(47)51)63-44-46-32-26-25-27-33-46/h25-27,32-33,35-36,41-42,49,52,56H,3-24,28-31,34,37-40,43-45,55H2,1-2H3,(H,57,60)(H,58,59)/t49?,52-/m0/s1. The molecule has 1 aromatic heterocycles. The van der Waals surface area contributed by atoms with Gasteiger partial charge in [0.1, 0.15) is 18.4 Å². The molecular formula is C54H90N4O5. The lowest BCUT2D eigenvalue weighted by Gasteiger charge is -2.22. The number of hydrogen-bond acceptors (Lipinski definition) is 6. The first-order valence-corrected chi connectivity index (χ1v) is 25.8. The lowest BCUT2D eigenvalue weighted by atomic mass is 10.1. The van der Waals surface area contributed by atoms with E-state index in [1.54, 1.807) is 0 Å². The summed E-state index contributed by atoms with van der Waals surface area (Å²) in [5.74, 6) is 0.334. The number of fused-ring (bicyclic) bond motifs is 1. The van der Waals surface area contributed by atoms with Gasteiger partial charge in [-0.3, -0.25) is 9.59 Å². The average Bonchev–Trinajstić information content (AvgIpc) is 3.69. The lowest BCUT2D eigenvalue weighted by molar-refractivity contribution is -0.129. The van der Waals surface area contributed by atoms with E-state index >= 15 is 0 Å². The minimum Gasteiger partial charge on any atom is -0.489 e. The van der Waals surface area contributed by atoms with Gasteiger partial charge in [-0.2, -0.15) is 0 Å². The molecule has 1 unspecified atom stereocenters. The molecule has 0 fully saturated rings. The molecule has 2 amide bonds. The van der Waals surface area contributed by atoms with Gasteiger partial charge in [0.05, 0.1) is 19.1 Å². The van der Waals surface area contributed by atoms with E-state index in [9.17, 15) is 9.59 Å². The van der Waals surface area contributed by atoms with Crippen molar-refractivity contribution >= 4 is 22.7 Å². The van der Waals surface area contributed by atoms with Crippen LogP contribution in [0, 0.1) is 0 Å². The smallest absolute Gasteiger partial charge is 0.242 e. The van der Waals surface area contributed by atoms with Crippen molar-refractivity contribution in [1.29, 1.82) is 0 Å². The Morgan fingerprint density at radius 3 is 1.83 bits per heavy atom. The molecule has 0 aliphatic heterocycles. The van der Waals surface area contributed by atoms with E-state index in [2.05, 4.69) is 29.5 Å². The summed E-state index contributed by atoms with van der Waals surface area (Å²) >= 11 is 0. The molecule has 2 atom stereocenters. The van der Waals surface area contributed by atoms with Crippen LogP contribution in [0.25, 0.3) is 10.9 Å². The second-order valence-corrected chi connectivity index (χ2v) is 18.0. The first kappa shape index (κ1) is 53.9. The predicted molar refractivity (Wildman–Crippen MR) is 263 cm³/mol. The van der Waals surface area contributed by atoms with Crippen molar-refractivity contribution in [2.24, 2.45) is 5.73 Å². The molecule has 0 aliphatic rings. The van der Waals surface area contributed by atoms with Crippen LogP contribution in [0.4, 0.5) is 0 Å². The summed E-state index contributed by atoms with van der Waals surface area (Å²) < 4.78 is 18.6. The summed E-state index contributed by atoms with van der Waals surface area (Å²) in [4.78, 5) is 30.6. The van der Waals surface area contributed by atoms with E-state index in [0.717, 1.165) is 59.9 Å². The van der Waals surface area contributed by atoms with Crippen molar-refractivity contribution in [1.82, 2.24) is 15.6 Å². The van der Waals surface area contributed by atoms with Crippen LogP contribution in [-0.2, 0) is 32.1 Å². The van der Waals surface area contributed by atoms with Gasteiger partial charge in [0.2, 0.25) is 11.8 Å². The van der Waals surface area contributed by atoms with Gasteiger partial charge in [0.25, 0.3) is 0 Å². The number of unbranched alkanes of at least 4 members (excludes halogenated alkanes) is 23. The topological polar surface area (TPSA) is 128 Å². The lowest BCUT2D eigenvalue weighted by Crippen LogP contribution is -2.49. The number of H-pyrrole nitrogens is 1. The highest BCUT2D eigenvalue weighted by molar-refractivity contribution is 5.92. The Balaban J connectivity index is 1.46. The van der Waals surface area contributed by atoms with Crippen LogP contribution >= 0.6 is 0 Å². The minimum atomic E-state index is -0.669. The maximum absolute atomic E-state index is 13.7. The molecule has 0 saturated carbocycles. The average molecular weight is 875 g/mol. The van der Waals surface area contributed by atoms with Crippen LogP contribution in [0.2, 0.25) is 0 Å². The van der Waals surface area contributed by atoms with Crippen LogP contribution in [0.15, 0.2) is 54.7 Å². The summed E-state index contributed by atoms with van der Waals surface area (Å²) in [6, 6.07) is 15.3. The summed E-state index contributed by atoms with van der Waals surface area (Å²) in [5.41, 5.74) is 8.69. The third-order valence-corrected chi connectivity index (χ3v) is 12.2. The Morgan fingerprint density at radius 2 is 1.24 bits per heavy atom. The van der Waals surface area contributed by atoms with Gasteiger partial charge in [-0.25, -0.2) is 0 Å². The molecule has 0 radical (unpaired) electrons. The molecule has 3 aromatic rings. The molecule has 63 heavy (non-hydrogen) atoms. The van der Waals surface area contributed by atoms with Crippen LogP contribution in [-0.4, -0.2) is 61.9 Å². The van der Waals surface area contributed by atoms with Crippen LogP contribution in [0.5, 0.6) is 5.75 Å². The molecule has 0 bridgehead atoms. The molecule has 0 aliphatic carbocycles. The number of carbonyl (C=O) groups is 2. The first-order chi connectivity index (χ1) is 31.0. The number of benzene rings is 2. The molecule has 1 heterocycles. The fraction of sp³-hybridized carbons (Fsp3) is 0.704. The summed E-state index contributed by atoms with van der Waals surface area (Å²) in [6.45, 7) is 7.69. The molecule has 0 spiro atoms. The second-order valence-electron chi connectivity index (χ2n) is 18.0. The summed E-state index contributed by atoms with van der Waals surface area (Å²) in [7, 11) is 0. The third kappa shape index (κ3) is 26.2. The van der Waals surface area contributed by atoms with Gasteiger partial charge in [0, 0.05) is 36.9 Å². The molecule has 3 rings (SSSR count).